The Bertz CT molecular complexity index is 963. The van der Waals surface area contributed by atoms with Crippen molar-refractivity contribution >= 4 is 40.9 Å². The van der Waals surface area contributed by atoms with Crippen molar-refractivity contribution in [2.24, 2.45) is 5.10 Å². The number of non-ortho nitro benzene ring substituents is 1. The fourth-order valence-corrected chi connectivity index (χ4v) is 2.52. The van der Waals surface area contributed by atoms with Crippen molar-refractivity contribution in [3.8, 4) is 0 Å². The Morgan fingerprint density at radius 2 is 1.77 bits per heavy atom. The second-order valence-electron chi connectivity index (χ2n) is 5.52. The number of amides is 2. The topological polar surface area (TPSA) is 92.9 Å². The third-order valence-electron chi connectivity index (χ3n) is 3.76. The third-order valence-corrected chi connectivity index (χ3v) is 4.01. The molecule has 0 spiro atoms. The highest BCUT2D eigenvalue weighted by Gasteiger charge is 2.33. The van der Waals surface area contributed by atoms with Crippen LogP contribution in [0.2, 0.25) is 5.02 Å². The maximum Gasteiger partial charge on any atom is 0.283 e. The van der Waals surface area contributed by atoms with Gasteiger partial charge in [-0.3, -0.25) is 19.7 Å². The summed E-state index contributed by atoms with van der Waals surface area (Å²) in [5, 5.41) is 16.0. The van der Waals surface area contributed by atoms with E-state index in [-0.39, 0.29) is 11.3 Å². The second-order valence-corrected chi connectivity index (χ2v) is 5.96. The lowest BCUT2D eigenvalue weighted by Gasteiger charge is -2.09. The number of nitro benzene ring substituents is 1. The van der Waals surface area contributed by atoms with E-state index in [2.05, 4.69) is 5.10 Å². The highest BCUT2D eigenvalue weighted by Crippen LogP contribution is 2.22. The van der Waals surface area contributed by atoms with E-state index in [1.807, 2.05) is 0 Å². The van der Waals surface area contributed by atoms with Gasteiger partial charge in [0.2, 0.25) is 0 Å². The summed E-state index contributed by atoms with van der Waals surface area (Å²) in [5.74, 6) is -1.20. The van der Waals surface area contributed by atoms with Crippen LogP contribution >= 0.6 is 11.6 Å². The van der Waals surface area contributed by atoms with E-state index in [1.165, 1.54) is 24.3 Å². The molecule has 0 N–H and O–H groups in total. The minimum Gasteiger partial charge on any atom is -0.267 e. The summed E-state index contributed by atoms with van der Waals surface area (Å²) < 4.78 is 0. The molecule has 1 aliphatic heterocycles. The molecule has 2 aromatic carbocycles. The molecular formula is C18H12ClN3O4. The number of hydrazone groups is 1. The van der Waals surface area contributed by atoms with Gasteiger partial charge in [0.15, 0.2) is 0 Å². The van der Waals surface area contributed by atoms with Crippen LogP contribution in [0.4, 0.5) is 5.69 Å². The van der Waals surface area contributed by atoms with Gasteiger partial charge in [-0.2, -0.15) is 10.1 Å². The monoisotopic (exact) mass is 369 g/mol. The fraction of sp³-hybridized carbons (Fsp3) is 0.0556. The molecule has 7 nitrogen and oxygen atoms in total. The molecule has 0 aromatic heterocycles. The molecule has 0 unspecified atom stereocenters. The summed E-state index contributed by atoms with van der Waals surface area (Å²) in [7, 11) is 0. The average molecular weight is 370 g/mol. The van der Waals surface area contributed by atoms with Crippen LogP contribution in [0.15, 0.2) is 59.2 Å². The van der Waals surface area contributed by atoms with E-state index in [1.54, 1.807) is 37.3 Å². The van der Waals surface area contributed by atoms with Crippen molar-refractivity contribution in [1.29, 1.82) is 0 Å². The summed E-state index contributed by atoms with van der Waals surface area (Å²) in [4.78, 5) is 35.2. The number of imide groups is 1. The molecule has 26 heavy (non-hydrogen) atoms. The first-order valence-electron chi connectivity index (χ1n) is 7.53. The minimum absolute atomic E-state index is 0.133. The molecule has 3 rings (SSSR count). The average Bonchev–Trinajstić information content (AvgIpc) is 2.91. The molecule has 8 heteroatoms. The molecule has 2 aromatic rings. The molecule has 0 saturated carbocycles. The van der Waals surface area contributed by atoms with Gasteiger partial charge in [0, 0.05) is 22.7 Å². The van der Waals surface area contributed by atoms with Crippen LogP contribution in [-0.4, -0.2) is 27.5 Å². The van der Waals surface area contributed by atoms with Crippen LogP contribution in [0.3, 0.4) is 0 Å². The zero-order valence-electron chi connectivity index (χ0n) is 13.5. The predicted octanol–water partition coefficient (Wildman–Crippen LogP) is 3.69. The van der Waals surface area contributed by atoms with Gasteiger partial charge < -0.3 is 0 Å². The van der Waals surface area contributed by atoms with Gasteiger partial charge in [-0.05, 0) is 42.8 Å². The van der Waals surface area contributed by atoms with Crippen molar-refractivity contribution in [1.82, 2.24) is 5.01 Å². The first kappa shape index (κ1) is 17.5. The quantitative estimate of drug-likeness (QED) is 0.357. The summed E-state index contributed by atoms with van der Waals surface area (Å²) in [6.45, 7) is 1.63. The first-order valence-corrected chi connectivity index (χ1v) is 7.90. The molecule has 0 aliphatic carbocycles. The first-order chi connectivity index (χ1) is 12.4. The normalized spacial score (nSPS) is 15.3. The van der Waals surface area contributed by atoms with Crippen LogP contribution in [-0.2, 0) is 4.79 Å². The van der Waals surface area contributed by atoms with E-state index in [4.69, 9.17) is 11.6 Å². The molecule has 1 aliphatic rings. The van der Waals surface area contributed by atoms with Gasteiger partial charge in [0.25, 0.3) is 17.5 Å². The molecule has 0 radical (unpaired) electrons. The van der Waals surface area contributed by atoms with E-state index < -0.39 is 16.7 Å². The molecule has 0 fully saturated rings. The third kappa shape index (κ3) is 3.38. The Balaban J connectivity index is 1.86. The lowest BCUT2D eigenvalue weighted by atomic mass is 10.1. The van der Waals surface area contributed by atoms with Gasteiger partial charge >= 0.3 is 0 Å². The van der Waals surface area contributed by atoms with Gasteiger partial charge in [-0.1, -0.05) is 23.7 Å². The van der Waals surface area contributed by atoms with Crippen molar-refractivity contribution in [2.45, 2.75) is 6.92 Å². The number of rotatable bonds is 3. The highest BCUT2D eigenvalue weighted by atomic mass is 35.5. The molecule has 2 amide bonds. The predicted molar refractivity (Wildman–Crippen MR) is 96.8 cm³/mol. The van der Waals surface area contributed by atoms with E-state index in [9.17, 15) is 19.7 Å². The van der Waals surface area contributed by atoms with Crippen LogP contribution in [0.5, 0.6) is 0 Å². The Kier molecular flexibility index (Phi) is 4.64. The van der Waals surface area contributed by atoms with E-state index in [0.717, 1.165) is 10.6 Å². The van der Waals surface area contributed by atoms with Crippen molar-refractivity contribution in [3.05, 3.63) is 80.4 Å². The lowest BCUT2D eigenvalue weighted by molar-refractivity contribution is -0.384. The van der Waals surface area contributed by atoms with Crippen molar-refractivity contribution in [3.63, 3.8) is 0 Å². The molecule has 0 atom stereocenters. The number of carbonyl (C=O) groups is 2. The molecule has 0 bridgehead atoms. The van der Waals surface area contributed by atoms with Gasteiger partial charge in [0.1, 0.15) is 0 Å². The summed E-state index contributed by atoms with van der Waals surface area (Å²) in [5.41, 5.74) is 1.44. The maximum absolute atomic E-state index is 12.6. The standard InChI is InChI=1S/C18H12ClN3O4/c1-11-16(10-12-2-6-14(19)7-3-12)18(24)21(20-11)17(23)13-4-8-15(9-5-13)22(25)26/h2-10H,1H3/b16-10+. The maximum atomic E-state index is 12.6. The second kappa shape index (κ2) is 6.89. The van der Waals surface area contributed by atoms with Crippen LogP contribution < -0.4 is 0 Å². The van der Waals surface area contributed by atoms with Crippen LogP contribution in [0, 0.1) is 10.1 Å². The Labute approximate surface area is 153 Å². The zero-order valence-corrected chi connectivity index (χ0v) is 14.3. The Morgan fingerprint density at radius 3 is 2.35 bits per heavy atom. The number of carbonyl (C=O) groups excluding carboxylic acids is 2. The number of hydrogen-bond acceptors (Lipinski definition) is 5. The zero-order chi connectivity index (χ0) is 18.8. The summed E-state index contributed by atoms with van der Waals surface area (Å²) in [6.07, 6.45) is 1.63. The smallest absolute Gasteiger partial charge is 0.267 e. The Morgan fingerprint density at radius 1 is 1.15 bits per heavy atom. The SMILES string of the molecule is CC1=NN(C(=O)c2ccc([N+](=O)[O-])cc2)C(=O)/C1=C/c1ccc(Cl)cc1. The van der Waals surface area contributed by atoms with Crippen LogP contribution in [0.1, 0.15) is 22.8 Å². The molecule has 130 valence electrons. The fourth-order valence-electron chi connectivity index (χ4n) is 2.40. The largest absolute Gasteiger partial charge is 0.283 e. The van der Waals surface area contributed by atoms with Crippen molar-refractivity contribution in [2.75, 3.05) is 0 Å². The summed E-state index contributed by atoms with van der Waals surface area (Å²) >= 11 is 5.84. The highest BCUT2D eigenvalue weighted by molar-refractivity contribution is 6.31. The number of nitro groups is 1. The number of nitrogens with zero attached hydrogens (tertiary/aromatic N) is 3. The molecular weight excluding hydrogens is 358 g/mol. The van der Waals surface area contributed by atoms with Gasteiger partial charge in [0.05, 0.1) is 16.2 Å². The van der Waals surface area contributed by atoms with E-state index >= 15 is 0 Å². The molecule has 0 saturated heterocycles. The summed E-state index contributed by atoms with van der Waals surface area (Å²) in [6, 6.07) is 11.9. The molecule has 1 heterocycles. The number of hydrogen-bond donors (Lipinski definition) is 0. The Hall–Kier alpha value is -3.32. The number of benzene rings is 2. The van der Waals surface area contributed by atoms with Crippen molar-refractivity contribution < 1.29 is 14.5 Å². The lowest BCUT2D eigenvalue weighted by Crippen LogP contribution is -2.29. The van der Waals surface area contributed by atoms with Gasteiger partial charge in [-0.15, -0.1) is 0 Å². The van der Waals surface area contributed by atoms with Crippen LogP contribution in [0.25, 0.3) is 6.08 Å². The number of halogens is 1. The minimum atomic E-state index is -0.649. The van der Waals surface area contributed by atoms with E-state index in [0.29, 0.717) is 16.3 Å². The van der Waals surface area contributed by atoms with Gasteiger partial charge in [-0.25, -0.2) is 0 Å².